The van der Waals surface area contributed by atoms with Gasteiger partial charge in [0.05, 0.1) is 0 Å². The molecule has 0 aliphatic rings. The van der Waals surface area contributed by atoms with Gasteiger partial charge in [-0.3, -0.25) is 4.79 Å². The molecule has 3 aromatic carbocycles. The van der Waals surface area contributed by atoms with Crippen molar-refractivity contribution in [2.75, 3.05) is 6.54 Å². The first-order valence-corrected chi connectivity index (χ1v) is 12.3. The maximum absolute atomic E-state index is 13.4. The number of nitrogens with zero attached hydrogens (tertiary/aromatic N) is 1. The highest BCUT2D eigenvalue weighted by Crippen LogP contribution is 2.36. The van der Waals surface area contributed by atoms with Crippen molar-refractivity contribution in [3.63, 3.8) is 0 Å². The van der Waals surface area contributed by atoms with Crippen LogP contribution >= 0.6 is 11.6 Å². The van der Waals surface area contributed by atoms with Gasteiger partial charge < -0.3 is 9.88 Å². The van der Waals surface area contributed by atoms with Crippen molar-refractivity contribution in [3.05, 3.63) is 107 Å². The number of benzene rings is 3. The van der Waals surface area contributed by atoms with Gasteiger partial charge >= 0.3 is 0 Å². The average molecular weight is 477 g/mol. The van der Waals surface area contributed by atoms with E-state index in [1.165, 1.54) is 12.1 Å². The average Bonchev–Trinajstić information content (AvgIpc) is 3.20. The molecule has 0 bridgehead atoms. The molecular weight excluding hydrogens is 447 g/mol. The van der Waals surface area contributed by atoms with Crippen molar-refractivity contribution in [2.24, 2.45) is 0 Å². The summed E-state index contributed by atoms with van der Waals surface area (Å²) in [5, 5.41) is 4.85. The highest BCUT2D eigenvalue weighted by Gasteiger charge is 2.23. The number of rotatable bonds is 10. The molecule has 0 saturated heterocycles. The molecule has 5 heteroatoms. The van der Waals surface area contributed by atoms with Crippen molar-refractivity contribution in [2.45, 2.75) is 45.1 Å². The van der Waals surface area contributed by atoms with Crippen LogP contribution in [0, 0.1) is 5.82 Å². The number of hydrogen-bond donors (Lipinski definition) is 1. The first-order valence-electron chi connectivity index (χ1n) is 11.9. The molecule has 1 heterocycles. The van der Waals surface area contributed by atoms with Gasteiger partial charge in [-0.15, -0.1) is 0 Å². The van der Waals surface area contributed by atoms with Crippen LogP contribution in [-0.4, -0.2) is 17.0 Å². The summed E-state index contributed by atoms with van der Waals surface area (Å²) in [6.07, 6.45) is 5.69. The van der Waals surface area contributed by atoms with Crippen LogP contribution in [0.3, 0.4) is 0 Å². The summed E-state index contributed by atoms with van der Waals surface area (Å²) in [5.74, 6) is -0.339. The smallest absolute Gasteiger partial charge is 0.220 e. The van der Waals surface area contributed by atoms with Gasteiger partial charge in [0.15, 0.2) is 0 Å². The van der Waals surface area contributed by atoms with Gasteiger partial charge in [0.25, 0.3) is 0 Å². The first-order chi connectivity index (χ1) is 16.5. The Balaban J connectivity index is 1.70. The van der Waals surface area contributed by atoms with E-state index in [9.17, 15) is 9.18 Å². The number of aromatic nitrogens is 1. The summed E-state index contributed by atoms with van der Waals surface area (Å²) in [5.41, 5.74) is 4.20. The second-order valence-electron chi connectivity index (χ2n) is 8.72. The number of carbonyl (C=O) groups excluding carboxylic acids is 1. The number of amides is 1. The summed E-state index contributed by atoms with van der Waals surface area (Å²) >= 11 is 6.34. The highest BCUT2D eigenvalue weighted by atomic mass is 35.5. The minimum absolute atomic E-state index is 0.0384. The zero-order chi connectivity index (χ0) is 23.9. The van der Waals surface area contributed by atoms with Gasteiger partial charge in [0.2, 0.25) is 5.91 Å². The zero-order valence-corrected chi connectivity index (χ0v) is 20.2. The van der Waals surface area contributed by atoms with E-state index in [1.54, 1.807) is 0 Å². The number of unbranched alkanes of at least 4 members (excludes halogenated alkanes) is 2. The Kier molecular flexibility index (Phi) is 8.02. The summed E-state index contributed by atoms with van der Waals surface area (Å²) in [6, 6.07) is 22.6. The fourth-order valence-electron chi connectivity index (χ4n) is 4.46. The van der Waals surface area contributed by atoms with Crippen LogP contribution in [0.15, 0.2) is 79.0 Å². The molecule has 1 atom stereocenters. The lowest BCUT2D eigenvalue weighted by Crippen LogP contribution is -2.26. The molecule has 0 aliphatic carbocycles. The quantitative estimate of drug-likeness (QED) is 0.239. The van der Waals surface area contributed by atoms with Crippen molar-refractivity contribution >= 4 is 28.4 Å². The Labute approximate surface area is 205 Å². The summed E-state index contributed by atoms with van der Waals surface area (Å²) < 4.78 is 15.6. The third-order valence-electron chi connectivity index (χ3n) is 6.20. The SMILES string of the molecule is CCCCCNC(=O)C[C@@H](c1cccc(Cl)c1)c1cn(Cc2ccc(F)cc2)c2ccccc12. The largest absolute Gasteiger partial charge is 0.356 e. The van der Waals surface area contributed by atoms with Gasteiger partial charge in [0, 0.05) is 47.6 Å². The molecule has 3 nitrogen and oxygen atoms in total. The summed E-state index contributed by atoms with van der Waals surface area (Å²) in [7, 11) is 0. The van der Waals surface area contributed by atoms with Crippen molar-refractivity contribution < 1.29 is 9.18 Å². The van der Waals surface area contributed by atoms with E-state index in [2.05, 4.69) is 35.1 Å². The van der Waals surface area contributed by atoms with Gasteiger partial charge in [-0.1, -0.05) is 73.8 Å². The monoisotopic (exact) mass is 476 g/mol. The Hall–Kier alpha value is -3.11. The third kappa shape index (κ3) is 5.87. The lowest BCUT2D eigenvalue weighted by Gasteiger charge is -2.18. The fourth-order valence-corrected chi connectivity index (χ4v) is 4.66. The number of nitrogens with one attached hydrogen (secondary N) is 1. The molecule has 1 amide bonds. The van der Waals surface area contributed by atoms with Crippen LogP contribution in [0.2, 0.25) is 5.02 Å². The van der Waals surface area contributed by atoms with Crippen molar-refractivity contribution in [1.82, 2.24) is 9.88 Å². The fraction of sp³-hybridized carbons (Fsp3) is 0.276. The van der Waals surface area contributed by atoms with E-state index in [1.807, 2.05) is 48.5 Å². The van der Waals surface area contributed by atoms with Crippen LogP contribution in [-0.2, 0) is 11.3 Å². The number of para-hydroxylation sites is 1. The maximum Gasteiger partial charge on any atom is 0.220 e. The van der Waals surface area contributed by atoms with Gasteiger partial charge in [0.1, 0.15) is 5.82 Å². The topological polar surface area (TPSA) is 34.0 Å². The Bertz CT molecular complexity index is 1250. The van der Waals surface area contributed by atoms with Crippen LogP contribution in [0.4, 0.5) is 4.39 Å². The normalized spacial score (nSPS) is 12.1. The van der Waals surface area contributed by atoms with Gasteiger partial charge in [-0.2, -0.15) is 0 Å². The van der Waals surface area contributed by atoms with Crippen LogP contribution in [0.1, 0.15) is 55.2 Å². The van der Waals surface area contributed by atoms with E-state index in [4.69, 9.17) is 11.6 Å². The standard InChI is InChI=1S/C29H30ClFN2O/c1-2-3-6-16-32-29(34)18-26(22-8-7-9-23(30)17-22)27-20-33(28-11-5-4-10-25(27)28)19-21-12-14-24(31)15-13-21/h4-5,7-15,17,20,26H,2-3,6,16,18-19H2,1H3,(H,32,34)/t26-/m0/s1. The lowest BCUT2D eigenvalue weighted by molar-refractivity contribution is -0.121. The molecule has 176 valence electrons. The lowest BCUT2D eigenvalue weighted by atomic mass is 9.88. The molecule has 0 unspecified atom stereocenters. The molecule has 0 radical (unpaired) electrons. The number of fused-ring (bicyclic) bond motifs is 1. The van der Waals surface area contributed by atoms with E-state index >= 15 is 0 Å². The molecule has 4 rings (SSSR count). The summed E-state index contributed by atoms with van der Waals surface area (Å²) in [4.78, 5) is 12.9. The van der Waals surface area contributed by atoms with Gasteiger partial charge in [-0.05, 0) is 53.4 Å². The molecule has 1 N–H and O–H groups in total. The molecule has 4 aromatic rings. The number of halogens is 2. The van der Waals surface area contributed by atoms with Crippen LogP contribution < -0.4 is 5.32 Å². The van der Waals surface area contributed by atoms with E-state index in [-0.39, 0.29) is 17.6 Å². The predicted octanol–water partition coefficient (Wildman–Crippen LogP) is 7.31. The highest BCUT2D eigenvalue weighted by molar-refractivity contribution is 6.30. The molecule has 1 aromatic heterocycles. The number of carbonyl (C=O) groups is 1. The molecule has 0 aliphatic heterocycles. The molecule has 0 spiro atoms. The first kappa shape index (κ1) is 24.0. The second-order valence-corrected chi connectivity index (χ2v) is 9.16. The zero-order valence-electron chi connectivity index (χ0n) is 19.4. The maximum atomic E-state index is 13.4. The van der Waals surface area contributed by atoms with Gasteiger partial charge in [-0.25, -0.2) is 4.39 Å². The van der Waals surface area contributed by atoms with Crippen molar-refractivity contribution in [1.29, 1.82) is 0 Å². The Morgan fingerprint density at radius 2 is 1.82 bits per heavy atom. The second kappa shape index (κ2) is 11.3. The van der Waals surface area contributed by atoms with Crippen LogP contribution in [0.25, 0.3) is 10.9 Å². The van der Waals surface area contributed by atoms with E-state index in [0.29, 0.717) is 24.5 Å². The Morgan fingerprint density at radius 1 is 1.03 bits per heavy atom. The molecule has 0 fully saturated rings. The molecule has 0 saturated carbocycles. The Morgan fingerprint density at radius 3 is 2.59 bits per heavy atom. The van der Waals surface area contributed by atoms with E-state index in [0.717, 1.165) is 46.9 Å². The minimum Gasteiger partial charge on any atom is -0.356 e. The van der Waals surface area contributed by atoms with Crippen LogP contribution in [0.5, 0.6) is 0 Å². The number of hydrogen-bond acceptors (Lipinski definition) is 1. The minimum atomic E-state index is -0.243. The van der Waals surface area contributed by atoms with Crippen molar-refractivity contribution in [3.8, 4) is 0 Å². The third-order valence-corrected chi connectivity index (χ3v) is 6.44. The molecule has 34 heavy (non-hydrogen) atoms. The predicted molar refractivity (Wildman–Crippen MR) is 138 cm³/mol. The van der Waals surface area contributed by atoms with E-state index < -0.39 is 0 Å². The molecular formula is C29H30ClFN2O. The summed E-state index contributed by atoms with van der Waals surface area (Å²) in [6.45, 7) is 3.46.